The number of hydrogen-bond acceptors (Lipinski definition) is 10. The van der Waals surface area contributed by atoms with Crippen molar-refractivity contribution in [2.24, 2.45) is 0 Å². The number of alkyl halides is 3. The molecule has 2 atom stereocenters. The lowest BCUT2D eigenvalue weighted by Crippen LogP contribution is -2.57. The summed E-state index contributed by atoms with van der Waals surface area (Å²) in [6.07, 6.45) is 0.631. The van der Waals surface area contributed by atoms with Crippen LogP contribution in [0.15, 0.2) is 12.1 Å². The Balaban J connectivity index is 0.000000266. The van der Waals surface area contributed by atoms with Crippen molar-refractivity contribution in [2.45, 2.75) is 110 Å². The Morgan fingerprint density at radius 3 is 2.10 bits per heavy atom. The van der Waals surface area contributed by atoms with Gasteiger partial charge in [0.1, 0.15) is 17.0 Å². The van der Waals surface area contributed by atoms with Crippen LogP contribution in [0.4, 0.5) is 23.8 Å². The minimum absolute atomic E-state index is 0.0326. The van der Waals surface area contributed by atoms with Crippen molar-refractivity contribution < 1.29 is 41.7 Å². The molecule has 11 nitrogen and oxygen atoms in total. The number of ether oxygens (including phenoxy) is 4. The topological polar surface area (TPSA) is 107 Å². The van der Waals surface area contributed by atoms with Gasteiger partial charge in [-0.2, -0.15) is 23.1 Å². The van der Waals surface area contributed by atoms with Gasteiger partial charge in [0.2, 0.25) is 0 Å². The van der Waals surface area contributed by atoms with E-state index in [0.29, 0.717) is 31.9 Å². The number of carbonyl (C=O) groups excluding carboxylic acids is 2. The minimum Gasteiger partial charge on any atom is -0.467 e. The Bertz CT molecular complexity index is 1460. The first-order valence-corrected chi connectivity index (χ1v) is 17.6. The maximum Gasteiger partial charge on any atom is 0.417 e. The molecular formula is C35H51ClF3N5O6. The summed E-state index contributed by atoms with van der Waals surface area (Å²) < 4.78 is 61.8. The van der Waals surface area contributed by atoms with Crippen LogP contribution in [0.2, 0.25) is 5.02 Å². The number of likely N-dealkylation sites (tertiary alicyclic amines) is 1. The number of amides is 1. The quantitative estimate of drug-likeness (QED) is 0.196. The molecule has 280 valence electrons. The minimum atomic E-state index is -4.61. The highest BCUT2D eigenvalue weighted by molar-refractivity contribution is 6.32. The number of halogens is 4. The monoisotopic (exact) mass is 729 g/mol. The number of nitrogens with zero attached hydrogens (tertiary/aromatic N) is 5. The standard InChI is InChI=1S/C21H24ClF3N4O3.C14H27NO3/c1-20(2,3)32-19(30)29-11-5-6-12(29)10-28(9-11)17-13-7-14(21(23,24)25)15(22)8-16(13)26-18(27-17)31-4;1-14(2,3)18-13(16)7-12-17-11-6-10-15-8-4-5-9-15/h7-8,11-12H,5-6,9-10H2,1-4H3;4-12H2,1-3H3. The number of benzene rings is 1. The van der Waals surface area contributed by atoms with Crippen molar-refractivity contribution in [1.29, 1.82) is 0 Å². The molecule has 4 heterocycles. The lowest BCUT2D eigenvalue weighted by atomic mass is 10.1. The number of fused-ring (bicyclic) bond motifs is 3. The van der Waals surface area contributed by atoms with Crippen LogP contribution in [-0.2, 0) is 25.2 Å². The molecule has 3 fully saturated rings. The van der Waals surface area contributed by atoms with Crippen molar-refractivity contribution in [3.63, 3.8) is 0 Å². The van der Waals surface area contributed by atoms with Gasteiger partial charge in [0.25, 0.3) is 0 Å². The van der Waals surface area contributed by atoms with Crippen molar-refractivity contribution in [1.82, 2.24) is 19.8 Å². The van der Waals surface area contributed by atoms with E-state index < -0.39 is 28.0 Å². The number of methoxy groups -OCH3 is 1. The lowest BCUT2D eigenvalue weighted by molar-refractivity contribution is -0.156. The molecule has 15 heteroatoms. The van der Waals surface area contributed by atoms with E-state index in [1.807, 2.05) is 46.4 Å². The van der Waals surface area contributed by atoms with E-state index >= 15 is 0 Å². The summed E-state index contributed by atoms with van der Waals surface area (Å²) in [5.41, 5.74) is -1.70. The SMILES string of the molecule is CC(C)(C)OC(=O)CCOCCCN1CCCC1.COc1nc(N2CC3CCC(C2)N3C(=O)OC(C)(C)C)c2cc(C(F)(F)F)c(Cl)cc2n1. The molecule has 1 aromatic heterocycles. The third-order valence-electron chi connectivity index (χ3n) is 8.45. The van der Waals surface area contributed by atoms with Gasteiger partial charge in [-0.15, -0.1) is 0 Å². The number of esters is 1. The highest BCUT2D eigenvalue weighted by Gasteiger charge is 2.45. The Hall–Kier alpha value is -3.10. The number of aromatic nitrogens is 2. The van der Waals surface area contributed by atoms with Gasteiger partial charge in [-0.3, -0.25) is 9.69 Å². The van der Waals surface area contributed by atoms with E-state index in [1.54, 1.807) is 4.90 Å². The molecular weight excluding hydrogens is 679 g/mol. The number of piperazine rings is 1. The average Bonchev–Trinajstić information content (AvgIpc) is 3.61. The van der Waals surface area contributed by atoms with Crippen LogP contribution in [0.25, 0.3) is 10.9 Å². The average molecular weight is 730 g/mol. The summed E-state index contributed by atoms with van der Waals surface area (Å²) >= 11 is 5.89. The summed E-state index contributed by atoms with van der Waals surface area (Å²) in [4.78, 5) is 38.8. The van der Waals surface area contributed by atoms with Crippen molar-refractivity contribution in [2.75, 3.05) is 57.9 Å². The second-order valence-corrected chi connectivity index (χ2v) is 15.3. The lowest BCUT2D eigenvalue weighted by Gasteiger charge is -2.42. The summed E-state index contributed by atoms with van der Waals surface area (Å²) in [5, 5.41) is -0.209. The van der Waals surface area contributed by atoms with Crippen molar-refractivity contribution in [3.8, 4) is 6.01 Å². The molecule has 1 amide bonds. The van der Waals surface area contributed by atoms with E-state index in [0.717, 1.165) is 38.5 Å². The van der Waals surface area contributed by atoms with Crippen LogP contribution < -0.4 is 9.64 Å². The molecule has 50 heavy (non-hydrogen) atoms. The first-order valence-electron chi connectivity index (χ1n) is 17.3. The van der Waals surface area contributed by atoms with Gasteiger partial charge in [-0.1, -0.05) is 11.6 Å². The van der Waals surface area contributed by atoms with Crippen LogP contribution >= 0.6 is 11.6 Å². The Morgan fingerprint density at radius 1 is 0.920 bits per heavy atom. The maximum absolute atomic E-state index is 13.5. The fourth-order valence-corrected chi connectivity index (χ4v) is 6.66. The second kappa shape index (κ2) is 16.5. The van der Waals surface area contributed by atoms with E-state index in [1.165, 1.54) is 39.1 Å². The maximum atomic E-state index is 13.5. The largest absolute Gasteiger partial charge is 0.467 e. The van der Waals surface area contributed by atoms with E-state index in [9.17, 15) is 22.8 Å². The third kappa shape index (κ3) is 11.2. The molecule has 2 bridgehead atoms. The van der Waals surface area contributed by atoms with Gasteiger partial charge in [0.15, 0.2) is 0 Å². The van der Waals surface area contributed by atoms with Crippen LogP contribution in [0.3, 0.4) is 0 Å². The normalized spacial score (nSPS) is 19.7. The highest BCUT2D eigenvalue weighted by atomic mass is 35.5. The number of carbonyl (C=O) groups is 2. The van der Waals surface area contributed by atoms with Gasteiger partial charge in [-0.25, -0.2) is 4.79 Å². The van der Waals surface area contributed by atoms with E-state index in [2.05, 4.69) is 14.9 Å². The summed E-state index contributed by atoms with van der Waals surface area (Å²) in [5.74, 6) is 0.150. The van der Waals surface area contributed by atoms with Gasteiger partial charge in [0, 0.05) is 31.6 Å². The first kappa shape index (κ1) is 39.7. The first-order chi connectivity index (χ1) is 23.3. The van der Waals surface area contributed by atoms with Gasteiger partial charge in [0.05, 0.1) is 48.3 Å². The van der Waals surface area contributed by atoms with Gasteiger partial charge >= 0.3 is 24.2 Å². The molecule has 3 saturated heterocycles. The zero-order chi connectivity index (χ0) is 36.9. The zero-order valence-corrected chi connectivity index (χ0v) is 31.0. The van der Waals surface area contributed by atoms with E-state index in [4.69, 9.17) is 30.5 Å². The number of anilines is 1. The fourth-order valence-electron chi connectivity index (χ4n) is 6.40. The van der Waals surface area contributed by atoms with Gasteiger partial charge < -0.3 is 28.7 Å². The molecule has 2 unspecified atom stereocenters. The summed E-state index contributed by atoms with van der Waals surface area (Å²) in [7, 11) is 1.39. The molecule has 2 aromatic rings. The van der Waals surface area contributed by atoms with Gasteiger partial charge in [-0.05, 0) is 98.9 Å². The zero-order valence-electron chi connectivity index (χ0n) is 30.2. The molecule has 0 radical (unpaired) electrons. The Kier molecular flexibility index (Phi) is 13.1. The summed E-state index contributed by atoms with van der Waals surface area (Å²) in [6, 6.07) is 1.93. The molecule has 0 N–H and O–H groups in total. The van der Waals surface area contributed by atoms with Crippen LogP contribution in [0.5, 0.6) is 6.01 Å². The highest BCUT2D eigenvalue weighted by Crippen LogP contribution is 2.41. The predicted molar refractivity (Wildman–Crippen MR) is 185 cm³/mol. The molecule has 1 aromatic carbocycles. The number of hydrogen-bond donors (Lipinski definition) is 0. The predicted octanol–water partition coefficient (Wildman–Crippen LogP) is 7.12. The fraction of sp³-hybridized carbons (Fsp3) is 0.714. The van der Waals surface area contributed by atoms with Crippen LogP contribution in [0.1, 0.15) is 85.6 Å². The van der Waals surface area contributed by atoms with Crippen molar-refractivity contribution >= 4 is 40.4 Å². The van der Waals surface area contributed by atoms with Crippen molar-refractivity contribution in [3.05, 3.63) is 22.7 Å². The summed E-state index contributed by atoms with van der Waals surface area (Å²) in [6.45, 7) is 16.7. The molecule has 0 aliphatic carbocycles. The molecule has 5 rings (SSSR count). The van der Waals surface area contributed by atoms with Crippen LogP contribution in [0, 0.1) is 0 Å². The second-order valence-electron chi connectivity index (χ2n) is 14.9. The third-order valence-corrected chi connectivity index (χ3v) is 8.76. The molecule has 3 aliphatic heterocycles. The molecule has 0 spiro atoms. The Labute approximate surface area is 297 Å². The smallest absolute Gasteiger partial charge is 0.417 e. The van der Waals surface area contributed by atoms with E-state index in [-0.39, 0.29) is 41.1 Å². The van der Waals surface area contributed by atoms with Crippen LogP contribution in [-0.4, -0.2) is 108 Å². The Morgan fingerprint density at radius 2 is 1.54 bits per heavy atom. The number of rotatable bonds is 9. The molecule has 3 aliphatic rings. The molecule has 0 saturated carbocycles.